The van der Waals surface area contributed by atoms with Crippen molar-refractivity contribution >= 4 is 0 Å². The fourth-order valence-corrected chi connectivity index (χ4v) is 0.722. The lowest BCUT2D eigenvalue weighted by Gasteiger charge is -2.16. The predicted octanol–water partition coefficient (Wildman–Crippen LogP) is 1.74. The van der Waals surface area contributed by atoms with Crippen molar-refractivity contribution in [3.8, 4) is 6.07 Å². The van der Waals surface area contributed by atoms with Gasteiger partial charge in [0.2, 0.25) is 5.54 Å². The monoisotopic (exact) mass is 156 g/mol. The van der Waals surface area contributed by atoms with Crippen molar-refractivity contribution < 1.29 is 4.92 Å². The molecule has 0 spiro atoms. The van der Waals surface area contributed by atoms with Crippen LogP contribution in [0.3, 0.4) is 0 Å². The van der Waals surface area contributed by atoms with Crippen LogP contribution in [0.2, 0.25) is 0 Å². The molecule has 4 nitrogen and oxygen atoms in total. The van der Waals surface area contributed by atoms with Crippen molar-refractivity contribution in [3.05, 3.63) is 10.1 Å². The second kappa shape index (κ2) is 3.91. The van der Waals surface area contributed by atoms with E-state index in [2.05, 4.69) is 0 Å². The summed E-state index contributed by atoms with van der Waals surface area (Å²) in [6.45, 7) is 3.34. The number of rotatable bonds is 4. The zero-order valence-electron chi connectivity index (χ0n) is 6.83. The third-order valence-corrected chi connectivity index (χ3v) is 1.98. The summed E-state index contributed by atoms with van der Waals surface area (Å²) in [4.78, 5) is 10.2. The van der Waals surface area contributed by atoms with Gasteiger partial charge in [-0.2, -0.15) is 5.26 Å². The number of nitrogens with zero attached hydrogens (tertiary/aromatic N) is 2. The summed E-state index contributed by atoms with van der Waals surface area (Å²) in [7, 11) is 0. The SMILES string of the molecule is CC[C@](C)(CCC#N)[N+](=O)[O-]. The summed E-state index contributed by atoms with van der Waals surface area (Å²) in [5, 5.41) is 18.7. The molecule has 0 N–H and O–H groups in total. The molecule has 0 amide bonds. The maximum absolute atomic E-state index is 10.5. The molecule has 0 saturated heterocycles. The first-order chi connectivity index (χ1) is 5.06. The van der Waals surface area contributed by atoms with Crippen LogP contribution < -0.4 is 0 Å². The van der Waals surface area contributed by atoms with Crippen LogP contribution in [0.5, 0.6) is 0 Å². The number of hydrogen-bond acceptors (Lipinski definition) is 3. The highest BCUT2D eigenvalue weighted by atomic mass is 16.6. The van der Waals surface area contributed by atoms with Gasteiger partial charge in [-0.15, -0.1) is 0 Å². The Balaban J connectivity index is 4.13. The van der Waals surface area contributed by atoms with E-state index in [-0.39, 0.29) is 11.3 Å². The Morgan fingerprint density at radius 1 is 1.73 bits per heavy atom. The summed E-state index contributed by atoms with van der Waals surface area (Å²) >= 11 is 0. The first-order valence-corrected chi connectivity index (χ1v) is 3.58. The lowest BCUT2D eigenvalue weighted by atomic mass is 9.94. The van der Waals surface area contributed by atoms with Crippen LogP contribution in [-0.2, 0) is 0 Å². The molecule has 4 heteroatoms. The van der Waals surface area contributed by atoms with E-state index in [1.54, 1.807) is 13.8 Å². The van der Waals surface area contributed by atoms with Gasteiger partial charge in [0.25, 0.3) is 0 Å². The van der Waals surface area contributed by atoms with Gasteiger partial charge in [0.05, 0.1) is 6.07 Å². The second-order valence-electron chi connectivity index (χ2n) is 2.77. The zero-order chi connectivity index (χ0) is 8.91. The molecule has 62 valence electrons. The van der Waals surface area contributed by atoms with Gasteiger partial charge >= 0.3 is 0 Å². The molecular weight excluding hydrogens is 144 g/mol. The van der Waals surface area contributed by atoms with Crippen molar-refractivity contribution in [2.24, 2.45) is 0 Å². The minimum absolute atomic E-state index is 0.255. The summed E-state index contributed by atoms with van der Waals surface area (Å²) in [5.41, 5.74) is -0.907. The number of nitriles is 1. The molecule has 0 unspecified atom stereocenters. The smallest absolute Gasteiger partial charge is 0.220 e. The van der Waals surface area contributed by atoms with E-state index in [9.17, 15) is 10.1 Å². The highest BCUT2D eigenvalue weighted by Gasteiger charge is 2.33. The lowest BCUT2D eigenvalue weighted by molar-refractivity contribution is -0.566. The van der Waals surface area contributed by atoms with E-state index in [1.165, 1.54) is 0 Å². The average molecular weight is 156 g/mol. The maximum atomic E-state index is 10.5. The fraction of sp³-hybridized carbons (Fsp3) is 0.857. The first kappa shape index (κ1) is 9.89. The summed E-state index contributed by atoms with van der Waals surface area (Å²) in [6, 6.07) is 1.91. The van der Waals surface area contributed by atoms with Gasteiger partial charge in [-0.1, -0.05) is 6.92 Å². The van der Waals surface area contributed by atoms with Crippen molar-refractivity contribution in [3.63, 3.8) is 0 Å². The van der Waals surface area contributed by atoms with Crippen LogP contribution in [0.25, 0.3) is 0 Å². The molecule has 0 aromatic carbocycles. The minimum atomic E-state index is -0.907. The molecule has 0 bridgehead atoms. The third kappa shape index (κ3) is 2.54. The minimum Gasteiger partial charge on any atom is -0.264 e. The molecule has 11 heavy (non-hydrogen) atoms. The second-order valence-corrected chi connectivity index (χ2v) is 2.77. The maximum Gasteiger partial charge on any atom is 0.220 e. The molecule has 0 aliphatic heterocycles. The summed E-state index contributed by atoms with van der Waals surface area (Å²) in [5.74, 6) is 0. The first-order valence-electron chi connectivity index (χ1n) is 3.58. The lowest BCUT2D eigenvalue weighted by Crippen LogP contribution is -2.33. The summed E-state index contributed by atoms with van der Waals surface area (Å²) < 4.78 is 0. The third-order valence-electron chi connectivity index (χ3n) is 1.98. The van der Waals surface area contributed by atoms with E-state index in [4.69, 9.17) is 5.26 Å². The molecule has 0 fully saturated rings. The molecule has 0 aromatic rings. The van der Waals surface area contributed by atoms with Crippen molar-refractivity contribution in [1.82, 2.24) is 0 Å². The Bertz CT molecular complexity index is 185. The van der Waals surface area contributed by atoms with Crippen LogP contribution in [0, 0.1) is 21.4 Å². The molecule has 0 heterocycles. The van der Waals surface area contributed by atoms with Crippen molar-refractivity contribution in [2.45, 2.75) is 38.6 Å². The number of nitro groups is 1. The van der Waals surface area contributed by atoms with Gasteiger partial charge in [-0.25, -0.2) is 0 Å². The van der Waals surface area contributed by atoms with Crippen molar-refractivity contribution in [2.75, 3.05) is 0 Å². The standard InChI is InChI=1S/C7H12N2O2/c1-3-7(2,9(10)11)5-4-6-8/h3-5H2,1-2H3/t7-/m1/s1. The molecule has 0 saturated carbocycles. The molecule has 0 aromatic heterocycles. The van der Waals surface area contributed by atoms with E-state index in [0.29, 0.717) is 12.8 Å². The van der Waals surface area contributed by atoms with E-state index < -0.39 is 5.54 Å². The highest BCUT2D eigenvalue weighted by Crippen LogP contribution is 2.19. The normalized spacial score (nSPS) is 15.0. The van der Waals surface area contributed by atoms with Crippen molar-refractivity contribution in [1.29, 1.82) is 5.26 Å². The van der Waals surface area contributed by atoms with Gasteiger partial charge in [0.1, 0.15) is 0 Å². The van der Waals surface area contributed by atoms with E-state index in [0.717, 1.165) is 0 Å². The van der Waals surface area contributed by atoms with Gasteiger partial charge in [0.15, 0.2) is 0 Å². The van der Waals surface area contributed by atoms with E-state index in [1.807, 2.05) is 6.07 Å². The fourth-order valence-electron chi connectivity index (χ4n) is 0.722. The van der Waals surface area contributed by atoms with Gasteiger partial charge in [-0.05, 0) is 0 Å². The Hall–Kier alpha value is -1.11. The van der Waals surface area contributed by atoms with Gasteiger partial charge in [0, 0.05) is 31.1 Å². The molecular formula is C7H12N2O2. The Morgan fingerprint density at radius 2 is 2.27 bits per heavy atom. The zero-order valence-corrected chi connectivity index (χ0v) is 6.83. The number of hydrogen-bond donors (Lipinski definition) is 0. The van der Waals surface area contributed by atoms with Crippen LogP contribution in [0.15, 0.2) is 0 Å². The topological polar surface area (TPSA) is 66.9 Å². The predicted molar refractivity (Wildman–Crippen MR) is 40.5 cm³/mol. The Labute approximate surface area is 66.0 Å². The van der Waals surface area contributed by atoms with Crippen LogP contribution in [0.4, 0.5) is 0 Å². The molecule has 0 aliphatic carbocycles. The van der Waals surface area contributed by atoms with E-state index >= 15 is 0 Å². The van der Waals surface area contributed by atoms with Gasteiger partial charge < -0.3 is 0 Å². The quantitative estimate of drug-likeness (QED) is 0.460. The molecule has 0 radical (unpaired) electrons. The Morgan fingerprint density at radius 3 is 2.55 bits per heavy atom. The average Bonchev–Trinajstić information content (AvgIpc) is 2.00. The molecule has 0 aliphatic rings. The van der Waals surface area contributed by atoms with Gasteiger partial charge in [-0.3, -0.25) is 10.1 Å². The Kier molecular flexibility index (Phi) is 3.52. The molecule has 1 atom stereocenters. The van der Waals surface area contributed by atoms with Crippen LogP contribution in [0.1, 0.15) is 33.1 Å². The summed E-state index contributed by atoms with van der Waals surface area (Å²) in [6.07, 6.45) is 1.07. The van der Waals surface area contributed by atoms with Crippen LogP contribution >= 0.6 is 0 Å². The highest BCUT2D eigenvalue weighted by molar-refractivity contribution is 4.79. The largest absolute Gasteiger partial charge is 0.264 e. The molecule has 0 rings (SSSR count). The van der Waals surface area contributed by atoms with Crippen LogP contribution in [-0.4, -0.2) is 10.5 Å².